The Morgan fingerprint density at radius 1 is 1.07 bits per heavy atom. The molecule has 1 saturated heterocycles. The molecule has 0 aliphatic carbocycles. The van der Waals surface area contributed by atoms with E-state index in [1.165, 1.54) is 0 Å². The Morgan fingerprint density at radius 2 is 1.71 bits per heavy atom. The van der Waals surface area contributed by atoms with E-state index in [1.54, 1.807) is 31.2 Å². The van der Waals surface area contributed by atoms with E-state index in [4.69, 9.17) is 21.3 Å². The van der Waals surface area contributed by atoms with Gasteiger partial charge in [0.15, 0.2) is 6.10 Å². The summed E-state index contributed by atoms with van der Waals surface area (Å²) in [6.07, 6.45) is -0.540. The third kappa shape index (κ3) is 4.93. The zero-order valence-corrected chi connectivity index (χ0v) is 17.6. The van der Waals surface area contributed by atoms with Crippen molar-refractivity contribution < 1.29 is 9.53 Å². The van der Waals surface area contributed by atoms with Gasteiger partial charge in [-0.2, -0.15) is 0 Å². The number of anilines is 1. The highest BCUT2D eigenvalue weighted by Crippen LogP contribution is 2.20. The number of hydrogen-bond acceptors (Lipinski definition) is 5. The van der Waals surface area contributed by atoms with Crippen molar-refractivity contribution in [3.8, 4) is 5.75 Å². The van der Waals surface area contributed by atoms with Gasteiger partial charge in [0.05, 0.1) is 0 Å². The SMILES string of the molecule is Cc1cc(N2CCN(C(=O)C(C)Oc3ccc(Cl)cc3)CC2)nc(C(C)C)n1. The van der Waals surface area contributed by atoms with Crippen molar-refractivity contribution >= 4 is 23.3 Å². The molecular formula is C21H27ClN4O2. The first-order valence-corrected chi connectivity index (χ1v) is 10.0. The highest BCUT2D eigenvalue weighted by atomic mass is 35.5. The number of benzene rings is 1. The maximum Gasteiger partial charge on any atom is 0.263 e. The van der Waals surface area contributed by atoms with Crippen LogP contribution in [0.4, 0.5) is 5.82 Å². The molecule has 1 aromatic heterocycles. The zero-order valence-electron chi connectivity index (χ0n) is 16.9. The Kier molecular flexibility index (Phi) is 6.39. The van der Waals surface area contributed by atoms with E-state index >= 15 is 0 Å². The van der Waals surface area contributed by atoms with Crippen molar-refractivity contribution in [2.24, 2.45) is 0 Å². The van der Waals surface area contributed by atoms with Crippen molar-refractivity contribution in [2.45, 2.75) is 39.7 Å². The summed E-state index contributed by atoms with van der Waals surface area (Å²) in [6.45, 7) is 10.7. The van der Waals surface area contributed by atoms with Gasteiger partial charge < -0.3 is 14.5 Å². The standard InChI is InChI=1S/C21H27ClN4O2/c1-14(2)20-23-15(3)13-19(24-20)25-9-11-26(12-10-25)21(27)16(4)28-18-7-5-17(22)6-8-18/h5-8,13-14,16H,9-12H2,1-4H3. The highest BCUT2D eigenvalue weighted by Gasteiger charge is 2.27. The number of carbonyl (C=O) groups is 1. The number of hydrogen-bond donors (Lipinski definition) is 0. The van der Waals surface area contributed by atoms with Gasteiger partial charge in [0.1, 0.15) is 17.4 Å². The molecule has 0 saturated carbocycles. The van der Waals surface area contributed by atoms with Gasteiger partial charge >= 0.3 is 0 Å². The molecule has 28 heavy (non-hydrogen) atoms. The summed E-state index contributed by atoms with van der Waals surface area (Å²) in [5.41, 5.74) is 0.970. The van der Waals surface area contributed by atoms with Crippen LogP contribution in [-0.2, 0) is 4.79 Å². The van der Waals surface area contributed by atoms with Gasteiger partial charge in [-0.1, -0.05) is 25.4 Å². The van der Waals surface area contributed by atoms with Crippen LogP contribution in [0.1, 0.15) is 38.2 Å². The van der Waals surface area contributed by atoms with Crippen LogP contribution in [0.25, 0.3) is 0 Å². The second-order valence-corrected chi connectivity index (χ2v) is 7.84. The van der Waals surface area contributed by atoms with E-state index in [-0.39, 0.29) is 11.8 Å². The first kappa shape index (κ1) is 20.4. The molecule has 1 aliphatic heterocycles. The van der Waals surface area contributed by atoms with Gasteiger partial charge in [0.2, 0.25) is 0 Å². The first-order chi connectivity index (χ1) is 13.3. The molecule has 1 aromatic carbocycles. The lowest BCUT2D eigenvalue weighted by molar-refractivity contribution is -0.138. The van der Waals surface area contributed by atoms with Crippen LogP contribution in [0.3, 0.4) is 0 Å². The number of ether oxygens (including phenoxy) is 1. The van der Waals surface area contributed by atoms with Gasteiger partial charge in [-0.25, -0.2) is 9.97 Å². The average Bonchev–Trinajstić information content (AvgIpc) is 2.68. The number of piperazine rings is 1. The lowest BCUT2D eigenvalue weighted by atomic mass is 10.2. The van der Waals surface area contributed by atoms with Gasteiger partial charge in [0.25, 0.3) is 5.91 Å². The molecule has 7 heteroatoms. The molecule has 0 bridgehead atoms. The van der Waals surface area contributed by atoms with Crippen LogP contribution >= 0.6 is 11.6 Å². The molecule has 6 nitrogen and oxygen atoms in total. The molecule has 2 heterocycles. The number of halogens is 1. The molecule has 2 aromatic rings. The maximum absolute atomic E-state index is 12.7. The molecule has 3 rings (SSSR count). The average molecular weight is 403 g/mol. The van der Waals surface area contributed by atoms with Crippen molar-refractivity contribution in [3.05, 3.63) is 46.9 Å². The van der Waals surface area contributed by atoms with E-state index in [9.17, 15) is 4.79 Å². The minimum absolute atomic E-state index is 0.00339. The number of rotatable bonds is 5. The lowest BCUT2D eigenvalue weighted by Gasteiger charge is -2.36. The van der Waals surface area contributed by atoms with Crippen LogP contribution in [0.2, 0.25) is 5.02 Å². The van der Waals surface area contributed by atoms with E-state index in [0.717, 1.165) is 30.4 Å². The van der Waals surface area contributed by atoms with E-state index in [1.807, 2.05) is 17.9 Å². The fourth-order valence-corrected chi connectivity index (χ4v) is 3.30. The van der Waals surface area contributed by atoms with Crippen LogP contribution < -0.4 is 9.64 Å². The number of aryl methyl sites for hydroxylation is 1. The third-order valence-corrected chi connectivity index (χ3v) is 5.02. The molecule has 0 N–H and O–H groups in total. The highest BCUT2D eigenvalue weighted by molar-refractivity contribution is 6.30. The molecule has 150 valence electrons. The Balaban J connectivity index is 1.58. The Hall–Kier alpha value is -2.34. The topological polar surface area (TPSA) is 58.6 Å². The van der Waals surface area contributed by atoms with Gasteiger partial charge in [-0.15, -0.1) is 0 Å². The van der Waals surface area contributed by atoms with Crippen molar-refractivity contribution in [2.75, 3.05) is 31.1 Å². The van der Waals surface area contributed by atoms with Crippen LogP contribution in [0.5, 0.6) is 5.75 Å². The predicted octanol–water partition coefficient (Wildman–Crippen LogP) is 3.68. The maximum atomic E-state index is 12.7. The number of carbonyl (C=O) groups excluding carboxylic acids is 1. The molecule has 0 radical (unpaired) electrons. The van der Waals surface area contributed by atoms with E-state index < -0.39 is 6.10 Å². The van der Waals surface area contributed by atoms with Gasteiger partial charge in [0, 0.05) is 48.9 Å². The minimum atomic E-state index is -0.540. The molecule has 1 aliphatic rings. The van der Waals surface area contributed by atoms with E-state index in [0.29, 0.717) is 23.9 Å². The van der Waals surface area contributed by atoms with Crippen LogP contribution in [-0.4, -0.2) is 53.1 Å². The summed E-state index contributed by atoms with van der Waals surface area (Å²) in [6, 6.07) is 9.06. The number of aromatic nitrogens is 2. The quantitative estimate of drug-likeness (QED) is 0.763. The Bertz CT molecular complexity index is 818. The van der Waals surface area contributed by atoms with E-state index in [2.05, 4.69) is 23.7 Å². The number of amides is 1. The van der Waals surface area contributed by atoms with Gasteiger partial charge in [-0.05, 0) is 38.1 Å². The molecule has 0 spiro atoms. The number of nitrogens with zero attached hydrogens (tertiary/aromatic N) is 4. The van der Waals surface area contributed by atoms with Crippen molar-refractivity contribution in [1.29, 1.82) is 0 Å². The summed E-state index contributed by atoms with van der Waals surface area (Å²) >= 11 is 5.89. The fourth-order valence-electron chi connectivity index (χ4n) is 3.18. The van der Waals surface area contributed by atoms with Crippen molar-refractivity contribution in [3.63, 3.8) is 0 Å². The summed E-state index contributed by atoms with van der Waals surface area (Å²) < 4.78 is 5.77. The second kappa shape index (κ2) is 8.78. The molecular weight excluding hydrogens is 376 g/mol. The fraction of sp³-hybridized carbons (Fsp3) is 0.476. The summed E-state index contributed by atoms with van der Waals surface area (Å²) in [4.78, 5) is 26.0. The first-order valence-electron chi connectivity index (χ1n) is 9.65. The van der Waals surface area contributed by atoms with Crippen LogP contribution in [0.15, 0.2) is 30.3 Å². The Labute approximate surface area is 171 Å². The normalized spacial score (nSPS) is 15.6. The van der Waals surface area contributed by atoms with Gasteiger partial charge in [-0.3, -0.25) is 4.79 Å². The monoisotopic (exact) mass is 402 g/mol. The summed E-state index contributed by atoms with van der Waals surface area (Å²) in [5.74, 6) is 2.72. The molecule has 1 fully saturated rings. The smallest absolute Gasteiger partial charge is 0.263 e. The minimum Gasteiger partial charge on any atom is -0.481 e. The lowest BCUT2D eigenvalue weighted by Crippen LogP contribution is -2.52. The Morgan fingerprint density at radius 3 is 2.32 bits per heavy atom. The predicted molar refractivity (Wildman–Crippen MR) is 111 cm³/mol. The summed E-state index contributed by atoms with van der Waals surface area (Å²) in [7, 11) is 0. The molecule has 1 unspecified atom stereocenters. The second-order valence-electron chi connectivity index (χ2n) is 7.41. The van der Waals surface area contributed by atoms with Crippen LogP contribution in [0, 0.1) is 6.92 Å². The molecule has 1 amide bonds. The molecule has 1 atom stereocenters. The largest absolute Gasteiger partial charge is 0.481 e. The zero-order chi connectivity index (χ0) is 20.3. The summed E-state index contributed by atoms with van der Waals surface area (Å²) in [5, 5.41) is 0.642. The van der Waals surface area contributed by atoms with Crippen molar-refractivity contribution in [1.82, 2.24) is 14.9 Å². The third-order valence-electron chi connectivity index (χ3n) is 4.76.